The highest BCUT2D eigenvalue weighted by atomic mass is 17.1. The Labute approximate surface area is 82.9 Å². The third-order valence-corrected chi connectivity index (χ3v) is 1.82. The van der Waals surface area contributed by atoms with E-state index >= 15 is 0 Å². The lowest BCUT2D eigenvalue weighted by atomic mass is 10.1. The molecule has 0 aliphatic carbocycles. The van der Waals surface area contributed by atoms with Gasteiger partial charge in [-0.2, -0.15) is 0 Å². The minimum absolute atomic E-state index is 0.413. The highest BCUT2D eigenvalue weighted by molar-refractivity contribution is 5.66. The fourth-order valence-corrected chi connectivity index (χ4v) is 1.07. The van der Waals surface area contributed by atoms with E-state index in [1.807, 2.05) is 0 Å². The van der Waals surface area contributed by atoms with Crippen LogP contribution >= 0.6 is 0 Å². The molecule has 5 nitrogen and oxygen atoms in total. The van der Waals surface area contributed by atoms with E-state index in [1.54, 1.807) is 6.92 Å². The molecule has 5 heteroatoms. The van der Waals surface area contributed by atoms with Gasteiger partial charge in [-0.25, -0.2) is 4.89 Å². The minimum Gasteiger partial charge on any atom is -0.460 e. The summed E-state index contributed by atoms with van der Waals surface area (Å²) in [7, 11) is 0. The summed E-state index contributed by atoms with van der Waals surface area (Å²) in [5.41, 5.74) is 0. The fraction of sp³-hybridized carbons (Fsp3) is 0.778. The van der Waals surface area contributed by atoms with Gasteiger partial charge >= 0.3 is 5.97 Å². The van der Waals surface area contributed by atoms with Crippen molar-refractivity contribution in [2.24, 2.45) is 0 Å². The second kappa shape index (κ2) is 7.46. The molecule has 2 unspecified atom stereocenters. The lowest BCUT2D eigenvalue weighted by molar-refractivity contribution is -0.293. The Morgan fingerprint density at radius 2 is 2.21 bits per heavy atom. The smallest absolute Gasteiger partial charge is 0.302 e. The molecule has 0 aromatic rings. The molecule has 0 amide bonds. The van der Waals surface area contributed by atoms with Gasteiger partial charge in [-0.05, 0) is 19.8 Å². The van der Waals surface area contributed by atoms with Gasteiger partial charge in [0, 0.05) is 13.3 Å². The summed E-state index contributed by atoms with van der Waals surface area (Å²) in [6.07, 6.45) is 1.24. The number of hydrogen-bond acceptors (Lipinski definition) is 5. The summed E-state index contributed by atoms with van der Waals surface area (Å²) in [5, 5.41) is 8.41. The second-order valence-corrected chi connectivity index (χ2v) is 3.06. The molecule has 1 N–H and O–H groups in total. The summed E-state index contributed by atoms with van der Waals surface area (Å²) < 4.78 is 4.91. The molecule has 0 aliphatic heterocycles. The first-order valence-electron chi connectivity index (χ1n) is 4.53. The predicted molar refractivity (Wildman–Crippen MR) is 48.6 cm³/mol. The van der Waals surface area contributed by atoms with Crippen LogP contribution in [0, 0.1) is 0 Å². The summed E-state index contributed by atoms with van der Waals surface area (Å²) in [5.74, 6) is -0.426. The van der Waals surface area contributed by atoms with Gasteiger partial charge in [0.1, 0.15) is 18.5 Å². The van der Waals surface area contributed by atoms with Crippen molar-refractivity contribution in [3.05, 3.63) is 0 Å². The minimum atomic E-state index is -0.578. The normalized spacial score (nSPS) is 14.5. The molecule has 0 saturated heterocycles. The summed E-state index contributed by atoms with van der Waals surface area (Å²) in [4.78, 5) is 24.8. The molecular formula is C9H16O5. The molecule has 82 valence electrons. The van der Waals surface area contributed by atoms with E-state index in [-0.39, 0.29) is 0 Å². The molecule has 0 saturated carbocycles. The molecule has 0 aromatic carbocycles. The Kier molecular flexibility index (Phi) is 6.96. The topological polar surface area (TPSA) is 72.8 Å². The van der Waals surface area contributed by atoms with Crippen LogP contribution in [0.5, 0.6) is 0 Å². The largest absolute Gasteiger partial charge is 0.460 e. The van der Waals surface area contributed by atoms with E-state index in [0.29, 0.717) is 19.3 Å². The standard InChI is InChI=1S/C9H16O5/c1-7(14-12)9(13-8(2)11)5-3-4-6-10/h6-7,9,12H,3-5H2,1-2H3. The maximum Gasteiger partial charge on any atom is 0.302 e. The molecule has 14 heavy (non-hydrogen) atoms. The predicted octanol–water partition coefficient (Wildman–Crippen LogP) is 1.17. The molecule has 2 atom stereocenters. The number of unbranched alkanes of at least 4 members (excludes halogenated alkanes) is 1. The SMILES string of the molecule is CC(=O)OC(CCCC=O)C(C)OO. The van der Waals surface area contributed by atoms with Gasteiger partial charge in [0.25, 0.3) is 0 Å². The zero-order chi connectivity index (χ0) is 11.0. The van der Waals surface area contributed by atoms with Crippen LogP contribution in [0.4, 0.5) is 0 Å². The Morgan fingerprint density at radius 1 is 1.57 bits per heavy atom. The average Bonchev–Trinajstić information content (AvgIpc) is 2.15. The highest BCUT2D eigenvalue weighted by Crippen LogP contribution is 2.11. The van der Waals surface area contributed by atoms with Crippen molar-refractivity contribution in [3.8, 4) is 0 Å². The molecule has 0 rings (SSSR count). The number of esters is 1. The summed E-state index contributed by atoms with van der Waals surface area (Å²) in [6, 6.07) is 0. The van der Waals surface area contributed by atoms with Crippen LogP contribution in [0.2, 0.25) is 0 Å². The van der Waals surface area contributed by atoms with Gasteiger partial charge in [0.05, 0.1) is 0 Å². The zero-order valence-corrected chi connectivity index (χ0v) is 8.43. The van der Waals surface area contributed by atoms with Crippen LogP contribution in [-0.2, 0) is 19.2 Å². The third kappa shape index (κ3) is 5.66. The molecule has 0 aromatic heterocycles. The zero-order valence-electron chi connectivity index (χ0n) is 8.43. The van der Waals surface area contributed by atoms with Crippen molar-refractivity contribution in [1.29, 1.82) is 0 Å². The second-order valence-electron chi connectivity index (χ2n) is 3.06. The lowest BCUT2D eigenvalue weighted by Gasteiger charge is -2.20. The Morgan fingerprint density at radius 3 is 2.64 bits per heavy atom. The van der Waals surface area contributed by atoms with Gasteiger partial charge in [-0.1, -0.05) is 0 Å². The van der Waals surface area contributed by atoms with Crippen LogP contribution in [0.25, 0.3) is 0 Å². The van der Waals surface area contributed by atoms with Gasteiger partial charge < -0.3 is 9.53 Å². The van der Waals surface area contributed by atoms with Crippen molar-refractivity contribution in [1.82, 2.24) is 0 Å². The fourth-order valence-electron chi connectivity index (χ4n) is 1.07. The molecule has 0 aliphatic rings. The number of ether oxygens (including phenoxy) is 1. The van der Waals surface area contributed by atoms with Crippen LogP contribution in [0.15, 0.2) is 0 Å². The number of rotatable bonds is 7. The van der Waals surface area contributed by atoms with Gasteiger partial charge in [-0.15, -0.1) is 0 Å². The van der Waals surface area contributed by atoms with Crippen molar-refractivity contribution in [2.45, 2.75) is 45.3 Å². The average molecular weight is 204 g/mol. The molecule has 0 heterocycles. The quantitative estimate of drug-likeness (QED) is 0.221. The van der Waals surface area contributed by atoms with Gasteiger partial charge in [0.15, 0.2) is 0 Å². The molecular weight excluding hydrogens is 188 g/mol. The maximum absolute atomic E-state index is 10.7. The number of carbonyl (C=O) groups is 2. The maximum atomic E-state index is 10.7. The van der Waals surface area contributed by atoms with Crippen molar-refractivity contribution < 1.29 is 24.5 Å². The van der Waals surface area contributed by atoms with Crippen LogP contribution in [-0.4, -0.2) is 29.7 Å². The first-order valence-corrected chi connectivity index (χ1v) is 4.53. The molecule has 0 spiro atoms. The van der Waals surface area contributed by atoms with E-state index in [4.69, 9.17) is 9.99 Å². The first kappa shape index (κ1) is 13.1. The number of aldehydes is 1. The van der Waals surface area contributed by atoms with E-state index in [9.17, 15) is 9.59 Å². The van der Waals surface area contributed by atoms with Crippen LogP contribution < -0.4 is 0 Å². The lowest BCUT2D eigenvalue weighted by Crippen LogP contribution is -2.30. The summed E-state index contributed by atoms with van der Waals surface area (Å²) in [6.45, 7) is 2.88. The van der Waals surface area contributed by atoms with Crippen LogP contribution in [0.1, 0.15) is 33.1 Å². The number of carbonyl (C=O) groups excluding carboxylic acids is 2. The summed E-state index contributed by atoms with van der Waals surface area (Å²) >= 11 is 0. The Bertz CT molecular complexity index is 180. The number of hydrogen-bond donors (Lipinski definition) is 1. The van der Waals surface area contributed by atoms with E-state index in [0.717, 1.165) is 6.29 Å². The molecule has 0 bridgehead atoms. The Balaban J connectivity index is 3.96. The van der Waals surface area contributed by atoms with Crippen molar-refractivity contribution in [2.75, 3.05) is 0 Å². The molecule has 0 fully saturated rings. The van der Waals surface area contributed by atoms with E-state index in [1.165, 1.54) is 6.92 Å². The molecule has 0 radical (unpaired) electrons. The van der Waals surface area contributed by atoms with Crippen LogP contribution in [0.3, 0.4) is 0 Å². The van der Waals surface area contributed by atoms with E-state index < -0.39 is 18.2 Å². The highest BCUT2D eigenvalue weighted by Gasteiger charge is 2.20. The first-order chi connectivity index (χ1) is 6.61. The third-order valence-electron chi connectivity index (χ3n) is 1.82. The monoisotopic (exact) mass is 204 g/mol. The van der Waals surface area contributed by atoms with Gasteiger partial charge in [-0.3, -0.25) is 10.1 Å². The van der Waals surface area contributed by atoms with E-state index in [2.05, 4.69) is 4.89 Å². The van der Waals surface area contributed by atoms with Gasteiger partial charge in [0.2, 0.25) is 0 Å². The Hall–Kier alpha value is -0.940. The van der Waals surface area contributed by atoms with Crippen molar-refractivity contribution in [3.63, 3.8) is 0 Å². The van der Waals surface area contributed by atoms with Crippen molar-refractivity contribution >= 4 is 12.3 Å².